The predicted molar refractivity (Wildman–Crippen MR) is 121 cm³/mol. The fraction of sp³-hybridized carbons (Fsp3) is 0.231. The zero-order chi connectivity index (χ0) is 22.8. The Morgan fingerprint density at radius 2 is 1.88 bits per heavy atom. The van der Waals surface area contributed by atoms with Gasteiger partial charge in [-0.25, -0.2) is 9.37 Å². The van der Waals surface area contributed by atoms with Gasteiger partial charge in [0.15, 0.2) is 0 Å². The second-order valence-electron chi connectivity index (χ2n) is 7.98. The Balaban J connectivity index is 1.65. The molecule has 0 unspecified atom stereocenters. The highest BCUT2D eigenvalue weighted by molar-refractivity contribution is 5.85. The summed E-state index contributed by atoms with van der Waals surface area (Å²) in [5, 5.41) is 19.6. The van der Waals surface area contributed by atoms with Crippen LogP contribution in [0.1, 0.15) is 41.7 Å². The van der Waals surface area contributed by atoms with Crippen molar-refractivity contribution in [3.63, 3.8) is 0 Å². The molecule has 32 heavy (non-hydrogen) atoms. The number of halogens is 1. The molecular weight excluding hydrogens is 409 g/mol. The highest BCUT2D eigenvalue weighted by Crippen LogP contribution is 2.35. The van der Waals surface area contributed by atoms with Gasteiger partial charge in [0.05, 0.1) is 19.1 Å². The van der Waals surface area contributed by atoms with E-state index in [0.717, 1.165) is 34.2 Å². The molecule has 1 aromatic heterocycles. The van der Waals surface area contributed by atoms with Gasteiger partial charge in [0, 0.05) is 17.8 Å². The van der Waals surface area contributed by atoms with Crippen molar-refractivity contribution in [3.8, 4) is 17.0 Å². The number of pyridine rings is 1. The smallest absolute Gasteiger partial charge is 0.309 e. The fourth-order valence-electron chi connectivity index (χ4n) is 3.98. The number of allylic oxidation sites excluding steroid dienone is 1. The molecule has 6 heteroatoms. The van der Waals surface area contributed by atoms with Crippen LogP contribution in [0.5, 0.6) is 5.88 Å². The van der Waals surface area contributed by atoms with E-state index in [2.05, 4.69) is 4.98 Å². The van der Waals surface area contributed by atoms with E-state index in [4.69, 9.17) is 4.74 Å². The van der Waals surface area contributed by atoms with Crippen LogP contribution in [0.3, 0.4) is 0 Å². The summed E-state index contributed by atoms with van der Waals surface area (Å²) in [7, 11) is 1.54. The number of benzene rings is 2. The number of carboxylic acid groups (broad SMARTS) is 1. The Kier molecular flexibility index (Phi) is 6.06. The first kappa shape index (κ1) is 21.7. The molecule has 0 fully saturated rings. The number of aliphatic carboxylic acids is 1. The van der Waals surface area contributed by atoms with Crippen molar-refractivity contribution in [1.82, 2.24) is 4.98 Å². The summed E-state index contributed by atoms with van der Waals surface area (Å²) >= 11 is 0. The molecule has 0 amide bonds. The number of ether oxygens (including phenoxy) is 1. The zero-order valence-electron chi connectivity index (χ0n) is 17.9. The maximum Gasteiger partial charge on any atom is 0.309 e. The number of rotatable bonds is 6. The minimum atomic E-state index is -1.11. The van der Waals surface area contributed by atoms with Crippen LogP contribution in [0.25, 0.3) is 22.8 Å². The third-order valence-electron chi connectivity index (χ3n) is 5.96. The number of aryl methyl sites for hydroxylation is 1. The third kappa shape index (κ3) is 4.27. The van der Waals surface area contributed by atoms with Gasteiger partial charge in [0.1, 0.15) is 5.82 Å². The van der Waals surface area contributed by atoms with Crippen molar-refractivity contribution in [2.75, 3.05) is 7.11 Å². The standard InChI is InChI=1S/C26H24FNO4/c1-15(26(30)31)25(29)20-6-4-16-3-5-19(11-21(16)12-20)22-8-7-17(13-23(22)27)18-9-10-28-24(14-18)32-2/h4,6-15,25,29H,3,5H2,1-2H3,(H,30,31)/t15-,25+/m0/s1. The van der Waals surface area contributed by atoms with Gasteiger partial charge in [-0.05, 0) is 71.4 Å². The first-order valence-corrected chi connectivity index (χ1v) is 10.4. The molecule has 0 radical (unpaired) electrons. The van der Waals surface area contributed by atoms with Gasteiger partial charge in [0.2, 0.25) is 5.88 Å². The first-order chi connectivity index (χ1) is 15.4. The van der Waals surface area contributed by atoms with Crippen LogP contribution in [0.4, 0.5) is 4.39 Å². The Morgan fingerprint density at radius 1 is 1.09 bits per heavy atom. The van der Waals surface area contributed by atoms with Gasteiger partial charge in [0.25, 0.3) is 0 Å². The molecule has 2 atom stereocenters. The van der Waals surface area contributed by atoms with Crippen LogP contribution in [0.15, 0.2) is 54.7 Å². The average Bonchev–Trinajstić information content (AvgIpc) is 2.82. The molecule has 1 aliphatic rings. The molecule has 4 rings (SSSR count). The number of fused-ring (bicyclic) bond motifs is 1. The largest absolute Gasteiger partial charge is 0.481 e. The number of nitrogens with zero attached hydrogens (tertiary/aromatic N) is 1. The van der Waals surface area contributed by atoms with Crippen LogP contribution in [0, 0.1) is 11.7 Å². The molecule has 0 aliphatic heterocycles. The maximum atomic E-state index is 15.1. The summed E-state index contributed by atoms with van der Waals surface area (Å²) in [5.74, 6) is -1.82. The quantitative estimate of drug-likeness (QED) is 0.563. The molecule has 0 spiro atoms. The van der Waals surface area contributed by atoms with E-state index in [0.29, 0.717) is 23.4 Å². The molecule has 0 bridgehead atoms. The molecule has 5 nitrogen and oxygen atoms in total. The second kappa shape index (κ2) is 8.93. The zero-order valence-corrected chi connectivity index (χ0v) is 17.9. The van der Waals surface area contributed by atoms with Crippen LogP contribution in [-0.4, -0.2) is 28.3 Å². The number of hydrogen-bond donors (Lipinski definition) is 2. The molecule has 1 aliphatic carbocycles. The van der Waals surface area contributed by atoms with E-state index in [1.807, 2.05) is 18.2 Å². The number of carbonyl (C=O) groups is 1. The minimum Gasteiger partial charge on any atom is -0.481 e. The molecular formula is C26H24FNO4. The van der Waals surface area contributed by atoms with Crippen molar-refractivity contribution < 1.29 is 24.1 Å². The number of hydrogen-bond acceptors (Lipinski definition) is 4. The van der Waals surface area contributed by atoms with E-state index in [1.165, 1.54) is 20.1 Å². The topological polar surface area (TPSA) is 79.7 Å². The normalized spacial score (nSPS) is 14.8. The summed E-state index contributed by atoms with van der Waals surface area (Å²) in [6, 6.07) is 14.2. The van der Waals surface area contributed by atoms with E-state index >= 15 is 4.39 Å². The summed E-state index contributed by atoms with van der Waals surface area (Å²) in [6.07, 6.45) is 3.88. The van der Waals surface area contributed by atoms with Crippen LogP contribution < -0.4 is 4.74 Å². The lowest BCUT2D eigenvalue weighted by atomic mass is 9.85. The minimum absolute atomic E-state index is 0.316. The van der Waals surface area contributed by atoms with Crippen molar-refractivity contribution in [3.05, 3.63) is 82.8 Å². The van der Waals surface area contributed by atoms with E-state index in [1.54, 1.807) is 36.5 Å². The molecule has 3 aromatic rings. The predicted octanol–water partition coefficient (Wildman–Crippen LogP) is 5.14. The fourth-order valence-corrected chi connectivity index (χ4v) is 3.98. The van der Waals surface area contributed by atoms with Gasteiger partial charge >= 0.3 is 5.97 Å². The second-order valence-corrected chi connectivity index (χ2v) is 7.98. The van der Waals surface area contributed by atoms with Crippen LogP contribution in [0.2, 0.25) is 0 Å². The summed E-state index contributed by atoms with van der Waals surface area (Å²) in [6.45, 7) is 1.48. The highest BCUT2D eigenvalue weighted by Gasteiger charge is 2.24. The SMILES string of the molecule is COc1cc(-c2ccc(C3=Cc4cc([C@H](O)[C@H](C)C(=O)O)ccc4CC3)c(F)c2)ccn1. The molecule has 1 heterocycles. The number of aromatic nitrogens is 1. The van der Waals surface area contributed by atoms with Crippen LogP contribution >= 0.6 is 0 Å². The van der Waals surface area contributed by atoms with E-state index in [-0.39, 0.29) is 5.82 Å². The molecule has 0 saturated carbocycles. The van der Waals surface area contributed by atoms with Gasteiger partial charge in [-0.15, -0.1) is 0 Å². The first-order valence-electron chi connectivity index (χ1n) is 10.4. The summed E-state index contributed by atoms with van der Waals surface area (Å²) in [4.78, 5) is 15.3. The third-order valence-corrected chi connectivity index (χ3v) is 5.96. The summed E-state index contributed by atoms with van der Waals surface area (Å²) < 4.78 is 20.2. The average molecular weight is 433 g/mol. The number of carboxylic acids is 1. The van der Waals surface area contributed by atoms with Gasteiger partial charge in [-0.2, -0.15) is 0 Å². The number of aliphatic hydroxyl groups is 1. The monoisotopic (exact) mass is 433 g/mol. The summed E-state index contributed by atoms with van der Waals surface area (Å²) in [5.41, 5.74) is 5.46. The van der Waals surface area contributed by atoms with Crippen LogP contribution in [-0.2, 0) is 11.2 Å². The van der Waals surface area contributed by atoms with Crippen molar-refractivity contribution >= 4 is 17.6 Å². The van der Waals surface area contributed by atoms with Crippen molar-refractivity contribution in [2.45, 2.75) is 25.9 Å². The Labute approximate surface area is 185 Å². The molecule has 2 aromatic carbocycles. The molecule has 164 valence electrons. The lowest BCUT2D eigenvalue weighted by molar-refractivity contribution is -0.145. The molecule has 2 N–H and O–H groups in total. The number of aliphatic hydroxyl groups excluding tert-OH is 1. The maximum absolute atomic E-state index is 15.1. The van der Waals surface area contributed by atoms with Gasteiger partial charge < -0.3 is 14.9 Å². The highest BCUT2D eigenvalue weighted by atomic mass is 19.1. The Morgan fingerprint density at radius 3 is 2.59 bits per heavy atom. The van der Waals surface area contributed by atoms with E-state index < -0.39 is 18.0 Å². The van der Waals surface area contributed by atoms with E-state index in [9.17, 15) is 15.0 Å². The van der Waals surface area contributed by atoms with Crippen molar-refractivity contribution in [1.29, 1.82) is 0 Å². The lowest BCUT2D eigenvalue weighted by Gasteiger charge is -2.21. The van der Waals surface area contributed by atoms with Gasteiger partial charge in [-0.3, -0.25) is 4.79 Å². The van der Waals surface area contributed by atoms with Gasteiger partial charge in [-0.1, -0.05) is 30.3 Å². The number of methoxy groups -OCH3 is 1. The van der Waals surface area contributed by atoms with Crippen molar-refractivity contribution in [2.24, 2.45) is 5.92 Å². The Hall–Kier alpha value is -3.51. The lowest BCUT2D eigenvalue weighted by Crippen LogP contribution is -2.18. The Bertz CT molecular complexity index is 1200. The molecule has 0 saturated heterocycles.